The monoisotopic (exact) mass is 172 g/mol. The van der Waals surface area contributed by atoms with Crippen LogP contribution in [0.5, 0.6) is 0 Å². The Morgan fingerprint density at radius 3 is 2.50 bits per heavy atom. The zero-order chi connectivity index (χ0) is 5.98. The number of hydrogen-bond acceptors (Lipinski definition) is 0. The maximum atomic E-state index is 5.70. The van der Waals surface area contributed by atoms with Gasteiger partial charge in [-0.05, 0) is 12.8 Å². The van der Waals surface area contributed by atoms with Gasteiger partial charge >= 0.3 is 0 Å². The van der Waals surface area contributed by atoms with Crippen LogP contribution >= 0.6 is 15.9 Å². The quantitative estimate of drug-likeness (QED) is 0.389. The topological polar surface area (TPSA) is 0 Å². The largest absolute Gasteiger partial charge is 0.0891 e. The van der Waals surface area contributed by atoms with E-state index in [9.17, 15) is 0 Å². The molecule has 1 aliphatic rings. The van der Waals surface area contributed by atoms with E-state index in [4.69, 9.17) is 7.85 Å². The van der Waals surface area contributed by atoms with Gasteiger partial charge in [0, 0.05) is 4.83 Å². The van der Waals surface area contributed by atoms with Gasteiger partial charge in [0.05, 0.1) is 7.85 Å². The minimum absolute atomic E-state index is 0.466. The first-order chi connectivity index (χ1) is 3.79. The molecule has 1 fully saturated rings. The van der Waals surface area contributed by atoms with E-state index in [0.29, 0.717) is 10.6 Å². The zero-order valence-electron chi connectivity index (χ0n) is 4.94. The minimum atomic E-state index is 0.466. The van der Waals surface area contributed by atoms with Crippen LogP contribution in [-0.2, 0) is 0 Å². The van der Waals surface area contributed by atoms with Gasteiger partial charge in [-0.25, -0.2) is 0 Å². The van der Waals surface area contributed by atoms with Crippen LogP contribution < -0.4 is 0 Å². The van der Waals surface area contributed by atoms with Crippen LogP contribution in [0.2, 0.25) is 5.82 Å². The summed E-state index contributed by atoms with van der Waals surface area (Å²) in [5.41, 5.74) is 0. The highest BCUT2D eigenvalue weighted by atomic mass is 79.9. The van der Waals surface area contributed by atoms with E-state index < -0.39 is 0 Å². The van der Waals surface area contributed by atoms with Gasteiger partial charge in [0.2, 0.25) is 0 Å². The molecule has 0 heterocycles. The molecular weight excluding hydrogens is 163 g/mol. The predicted molar refractivity (Wildman–Crippen MR) is 40.7 cm³/mol. The third kappa shape index (κ3) is 1.81. The SMILES string of the molecule is [B]C1CCCC(Br)C1. The van der Waals surface area contributed by atoms with Crippen molar-refractivity contribution in [2.45, 2.75) is 36.3 Å². The van der Waals surface area contributed by atoms with Gasteiger partial charge in [-0.3, -0.25) is 0 Å². The fraction of sp³-hybridized carbons (Fsp3) is 1.00. The third-order valence-electron chi connectivity index (χ3n) is 1.65. The Balaban J connectivity index is 2.23. The van der Waals surface area contributed by atoms with Crippen molar-refractivity contribution in [2.75, 3.05) is 0 Å². The maximum absolute atomic E-state index is 5.70. The highest BCUT2D eigenvalue weighted by molar-refractivity contribution is 9.09. The lowest BCUT2D eigenvalue weighted by Crippen LogP contribution is -2.10. The van der Waals surface area contributed by atoms with Crippen LogP contribution in [0.3, 0.4) is 0 Å². The summed E-state index contributed by atoms with van der Waals surface area (Å²) >= 11 is 3.55. The highest BCUT2D eigenvalue weighted by Crippen LogP contribution is 2.30. The van der Waals surface area contributed by atoms with Crippen LogP contribution in [0.4, 0.5) is 0 Å². The minimum Gasteiger partial charge on any atom is -0.0891 e. The summed E-state index contributed by atoms with van der Waals surface area (Å²) in [5, 5.41) is 0. The van der Waals surface area contributed by atoms with Gasteiger partial charge in [-0.2, -0.15) is 0 Å². The molecule has 1 rings (SSSR count). The van der Waals surface area contributed by atoms with Crippen molar-refractivity contribution in [1.29, 1.82) is 0 Å². The van der Waals surface area contributed by atoms with E-state index in [1.165, 1.54) is 25.7 Å². The summed E-state index contributed by atoms with van der Waals surface area (Å²) in [6.45, 7) is 0. The molecule has 0 nitrogen and oxygen atoms in total. The van der Waals surface area contributed by atoms with Gasteiger partial charge in [0.25, 0.3) is 0 Å². The second-order valence-corrected chi connectivity index (χ2v) is 3.82. The zero-order valence-corrected chi connectivity index (χ0v) is 6.52. The van der Waals surface area contributed by atoms with Gasteiger partial charge < -0.3 is 0 Å². The standard InChI is InChI=1S/C6H10BBr/c7-5-2-1-3-6(8)4-5/h5-6H,1-4H2. The molecule has 0 aromatic rings. The van der Waals surface area contributed by atoms with E-state index in [1.807, 2.05) is 0 Å². The van der Waals surface area contributed by atoms with E-state index >= 15 is 0 Å². The molecule has 2 heteroatoms. The van der Waals surface area contributed by atoms with Crippen molar-refractivity contribution < 1.29 is 0 Å². The third-order valence-corrected chi connectivity index (χ3v) is 2.48. The lowest BCUT2D eigenvalue weighted by molar-refractivity contribution is 0.521. The smallest absolute Gasteiger partial charge is 0.0700 e. The van der Waals surface area contributed by atoms with E-state index in [0.717, 1.165) is 0 Å². The molecule has 2 atom stereocenters. The van der Waals surface area contributed by atoms with Crippen molar-refractivity contribution >= 4 is 23.8 Å². The van der Waals surface area contributed by atoms with Crippen molar-refractivity contribution in [2.24, 2.45) is 0 Å². The fourth-order valence-electron chi connectivity index (χ4n) is 1.17. The van der Waals surface area contributed by atoms with Crippen molar-refractivity contribution in [1.82, 2.24) is 0 Å². The van der Waals surface area contributed by atoms with Crippen LogP contribution in [0.15, 0.2) is 0 Å². The molecule has 0 aromatic heterocycles. The van der Waals surface area contributed by atoms with Gasteiger partial charge in [0.15, 0.2) is 0 Å². The molecule has 0 aromatic carbocycles. The Bertz CT molecular complexity index is 66.9. The first kappa shape index (κ1) is 6.66. The molecule has 2 radical (unpaired) electrons. The normalized spacial score (nSPS) is 39.6. The lowest BCUT2D eigenvalue weighted by Gasteiger charge is -2.21. The molecule has 2 unspecified atom stereocenters. The summed E-state index contributed by atoms with van der Waals surface area (Å²) in [6, 6.07) is 0. The number of rotatable bonds is 0. The Kier molecular flexibility index (Phi) is 2.42. The Hall–Kier alpha value is 0.545. The molecule has 0 spiro atoms. The maximum Gasteiger partial charge on any atom is 0.0700 e. The number of halogens is 1. The molecule has 0 N–H and O–H groups in total. The average Bonchev–Trinajstić information content (AvgIpc) is 1.64. The molecule has 0 amide bonds. The summed E-state index contributed by atoms with van der Waals surface area (Å²) < 4.78 is 0. The van der Waals surface area contributed by atoms with Gasteiger partial charge in [0.1, 0.15) is 0 Å². The van der Waals surface area contributed by atoms with Crippen LogP contribution in [0, 0.1) is 0 Å². The summed E-state index contributed by atoms with van der Waals surface area (Å²) in [4.78, 5) is 0.700. The molecular formula is C6H10BBr. The molecule has 0 saturated heterocycles. The number of hydrogen-bond donors (Lipinski definition) is 0. The van der Waals surface area contributed by atoms with Gasteiger partial charge in [-0.15, -0.1) is 0 Å². The number of alkyl halides is 1. The summed E-state index contributed by atoms with van der Waals surface area (Å²) in [5.74, 6) is 0.466. The fourth-order valence-corrected chi connectivity index (χ4v) is 1.97. The Labute approximate surface area is 60.6 Å². The highest BCUT2D eigenvalue weighted by Gasteiger charge is 2.14. The molecule has 0 aliphatic heterocycles. The average molecular weight is 173 g/mol. The predicted octanol–water partition coefficient (Wildman–Crippen LogP) is 2.28. The summed E-state index contributed by atoms with van der Waals surface area (Å²) in [7, 11) is 5.70. The van der Waals surface area contributed by atoms with Crippen molar-refractivity contribution in [3.05, 3.63) is 0 Å². The Morgan fingerprint density at radius 2 is 2.12 bits per heavy atom. The summed E-state index contributed by atoms with van der Waals surface area (Å²) in [6.07, 6.45) is 5.01. The van der Waals surface area contributed by atoms with Crippen molar-refractivity contribution in [3.8, 4) is 0 Å². The van der Waals surface area contributed by atoms with E-state index in [2.05, 4.69) is 15.9 Å². The van der Waals surface area contributed by atoms with Crippen LogP contribution in [-0.4, -0.2) is 12.7 Å². The molecule has 1 saturated carbocycles. The van der Waals surface area contributed by atoms with Crippen LogP contribution in [0.25, 0.3) is 0 Å². The molecule has 44 valence electrons. The molecule has 0 bridgehead atoms. The first-order valence-electron chi connectivity index (χ1n) is 3.18. The Morgan fingerprint density at radius 1 is 1.38 bits per heavy atom. The van der Waals surface area contributed by atoms with Gasteiger partial charge in [-0.1, -0.05) is 34.6 Å². The molecule has 1 aliphatic carbocycles. The first-order valence-corrected chi connectivity index (χ1v) is 4.10. The van der Waals surface area contributed by atoms with Crippen LogP contribution in [0.1, 0.15) is 25.7 Å². The van der Waals surface area contributed by atoms with E-state index in [-0.39, 0.29) is 0 Å². The van der Waals surface area contributed by atoms with E-state index in [1.54, 1.807) is 0 Å². The van der Waals surface area contributed by atoms with Crippen molar-refractivity contribution in [3.63, 3.8) is 0 Å². The second kappa shape index (κ2) is 2.91. The lowest BCUT2D eigenvalue weighted by atomic mass is 9.75. The second-order valence-electron chi connectivity index (χ2n) is 2.52. The molecule has 8 heavy (non-hydrogen) atoms.